The zero-order chi connectivity index (χ0) is 12.7. The zero-order valence-corrected chi connectivity index (χ0v) is 9.75. The summed E-state index contributed by atoms with van der Waals surface area (Å²) in [4.78, 5) is 15.2. The van der Waals surface area contributed by atoms with Crippen molar-refractivity contribution in [2.45, 2.75) is 13.5 Å². The molecule has 0 saturated carbocycles. The lowest BCUT2D eigenvalue weighted by Gasteiger charge is -2.06. The highest BCUT2D eigenvalue weighted by Gasteiger charge is 2.23. The number of nitrogens with zero attached hydrogens (tertiary/aromatic N) is 3. The molecule has 92 valence electrons. The fraction of sp³-hybridized carbons (Fsp3) is 0.250. The third-order valence-corrected chi connectivity index (χ3v) is 2.89. The number of ether oxygens (including phenoxy) is 1. The van der Waals surface area contributed by atoms with E-state index in [1.165, 1.54) is 6.20 Å². The normalized spacial score (nSPS) is 13.2. The summed E-state index contributed by atoms with van der Waals surface area (Å²) in [7, 11) is 0. The lowest BCUT2D eigenvalue weighted by Crippen LogP contribution is -2.02. The molecule has 6 heteroatoms. The van der Waals surface area contributed by atoms with Crippen LogP contribution in [0, 0.1) is 6.92 Å². The van der Waals surface area contributed by atoms with Gasteiger partial charge in [-0.1, -0.05) is 0 Å². The molecular formula is C12H11N3O3. The molecule has 2 aromatic rings. The van der Waals surface area contributed by atoms with Gasteiger partial charge in [0.05, 0.1) is 23.9 Å². The molecule has 0 spiro atoms. The van der Waals surface area contributed by atoms with Crippen molar-refractivity contribution in [2.24, 2.45) is 0 Å². The van der Waals surface area contributed by atoms with E-state index < -0.39 is 5.97 Å². The number of hydrogen-bond acceptors (Lipinski definition) is 4. The molecular weight excluding hydrogens is 234 g/mol. The van der Waals surface area contributed by atoms with Gasteiger partial charge in [-0.3, -0.25) is 4.98 Å². The van der Waals surface area contributed by atoms with Crippen LogP contribution in [-0.4, -0.2) is 32.4 Å². The summed E-state index contributed by atoms with van der Waals surface area (Å²) in [6.45, 7) is 3.09. The molecule has 18 heavy (non-hydrogen) atoms. The molecule has 0 amide bonds. The topological polar surface area (TPSA) is 77.2 Å². The van der Waals surface area contributed by atoms with Crippen LogP contribution in [0.1, 0.15) is 16.1 Å². The van der Waals surface area contributed by atoms with E-state index in [1.54, 1.807) is 16.9 Å². The quantitative estimate of drug-likeness (QED) is 0.864. The number of aryl methyl sites for hydroxylation is 1. The van der Waals surface area contributed by atoms with Crippen LogP contribution in [0.25, 0.3) is 11.1 Å². The molecule has 0 bridgehead atoms. The second-order valence-corrected chi connectivity index (χ2v) is 4.11. The molecule has 3 rings (SSSR count). The smallest absolute Gasteiger partial charge is 0.337 e. The van der Waals surface area contributed by atoms with Crippen molar-refractivity contribution < 1.29 is 14.6 Å². The molecule has 0 unspecified atom stereocenters. The SMILES string of the molecule is Cc1cc(-c2cnn3c2OCC3)c(C(=O)O)cn1. The van der Waals surface area contributed by atoms with Crippen molar-refractivity contribution in [1.82, 2.24) is 14.8 Å². The Balaban J connectivity index is 2.21. The number of carboxylic acids is 1. The van der Waals surface area contributed by atoms with Gasteiger partial charge in [-0.05, 0) is 13.0 Å². The van der Waals surface area contributed by atoms with Crippen LogP contribution in [0.2, 0.25) is 0 Å². The predicted octanol–water partition coefficient (Wildman–Crippen LogP) is 1.34. The van der Waals surface area contributed by atoms with E-state index in [9.17, 15) is 9.90 Å². The molecule has 6 nitrogen and oxygen atoms in total. The number of aromatic carboxylic acids is 1. The van der Waals surface area contributed by atoms with Gasteiger partial charge in [-0.15, -0.1) is 0 Å². The molecule has 0 saturated heterocycles. The third-order valence-electron chi connectivity index (χ3n) is 2.89. The summed E-state index contributed by atoms with van der Waals surface area (Å²) in [6.07, 6.45) is 3.00. The molecule has 0 aromatic carbocycles. The number of aromatic nitrogens is 3. The van der Waals surface area contributed by atoms with Crippen molar-refractivity contribution in [3.05, 3.63) is 29.7 Å². The van der Waals surface area contributed by atoms with Crippen molar-refractivity contribution in [2.75, 3.05) is 6.61 Å². The van der Waals surface area contributed by atoms with Crippen molar-refractivity contribution >= 4 is 5.97 Å². The van der Waals surface area contributed by atoms with Gasteiger partial charge in [0.15, 0.2) is 0 Å². The fourth-order valence-electron chi connectivity index (χ4n) is 2.05. The molecule has 1 aliphatic heterocycles. The first-order valence-electron chi connectivity index (χ1n) is 5.56. The average Bonchev–Trinajstić information content (AvgIpc) is 2.89. The largest absolute Gasteiger partial charge is 0.478 e. The van der Waals surface area contributed by atoms with Gasteiger partial charge in [-0.25, -0.2) is 9.48 Å². The molecule has 1 N–H and O–H groups in total. The van der Waals surface area contributed by atoms with Crippen molar-refractivity contribution in [1.29, 1.82) is 0 Å². The Morgan fingerprint density at radius 2 is 2.28 bits per heavy atom. The van der Waals surface area contributed by atoms with Gasteiger partial charge in [0, 0.05) is 17.5 Å². The van der Waals surface area contributed by atoms with Crippen LogP contribution in [-0.2, 0) is 6.54 Å². The first kappa shape index (κ1) is 10.8. The first-order valence-corrected chi connectivity index (χ1v) is 5.56. The summed E-state index contributed by atoms with van der Waals surface area (Å²) in [6, 6.07) is 1.74. The van der Waals surface area contributed by atoms with Crippen LogP contribution >= 0.6 is 0 Å². The molecule has 0 aliphatic carbocycles. The van der Waals surface area contributed by atoms with E-state index in [0.29, 0.717) is 30.2 Å². The van der Waals surface area contributed by atoms with E-state index >= 15 is 0 Å². The lowest BCUT2D eigenvalue weighted by atomic mass is 10.0. The maximum Gasteiger partial charge on any atom is 0.337 e. The van der Waals surface area contributed by atoms with Crippen LogP contribution in [0.3, 0.4) is 0 Å². The molecule has 0 atom stereocenters. The van der Waals surface area contributed by atoms with E-state index in [1.807, 2.05) is 6.92 Å². The van der Waals surface area contributed by atoms with Gasteiger partial charge >= 0.3 is 5.97 Å². The highest BCUT2D eigenvalue weighted by Crippen LogP contribution is 2.34. The van der Waals surface area contributed by atoms with Gasteiger partial charge in [0.1, 0.15) is 6.61 Å². The molecule has 2 aromatic heterocycles. The van der Waals surface area contributed by atoms with Gasteiger partial charge in [-0.2, -0.15) is 5.10 Å². The summed E-state index contributed by atoms with van der Waals surface area (Å²) in [5.74, 6) is -0.376. The zero-order valence-electron chi connectivity index (χ0n) is 9.75. The summed E-state index contributed by atoms with van der Waals surface area (Å²) in [5.41, 5.74) is 2.22. The Hall–Kier alpha value is -2.37. The van der Waals surface area contributed by atoms with Crippen molar-refractivity contribution in [3.63, 3.8) is 0 Å². The Morgan fingerprint density at radius 1 is 1.44 bits per heavy atom. The summed E-state index contributed by atoms with van der Waals surface area (Å²) < 4.78 is 7.22. The Kier molecular flexibility index (Phi) is 2.29. The van der Waals surface area contributed by atoms with E-state index in [-0.39, 0.29) is 5.56 Å². The molecule has 0 radical (unpaired) electrons. The van der Waals surface area contributed by atoms with Gasteiger partial charge < -0.3 is 9.84 Å². The number of pyridine rings is 1. The minimum absolute atomic E-state index is 0.159. The maximum atomic E-state index is 11.2. The first-order chi connectivity index (χ1) is 8.66. The Bertz CT molecular complexity index is 633. The molecule has 0 fully saturated rings. The summed E-state index contributed by atoms with van der Waals surface area (Å²) >= 11 is 0. The highest BCUT2D eigenvalue weighted by molar-refractivity contribution is 5.96. The monoisotopic (exact) mass is 245 g/mol. The number of rotatable bonds is 2. The predicted molar refractivity (Wildman–Crippen MR) is 62.6 cm³/mol. The number of hydrogen-bond donors (Lipinski definition) is 1. The van der Waals surface area contributed by atoms with Crippen LogP contribution in [0.5, 0.6) is 5.88 Å². The minimum atomic E-state index is -1.00. The van der Waals surface area contributed by atoms with E-state index in [0.717, 1.165) is 5.69 Å². The summed E-state index contributed by atoms with van der Waals surface area (Å²) in [5, 5.41) is 13.4. The Labute approximate surface area is 103 Å². The molecule has 3 heterocycles. The maximum absolute atomic E-state index is 11.2. The standard InChI is InChI=1S/C12H11N3O3/c1-7-4-8(10(5-13-7)12(16)17)9-6-14-15-2-3-18-11(9)15/h4-6H,2-3H2,1H3,(H,16,17). The van der Waals surface area contributed by atoms with Gasteiger partial charge in [0.2, 0.25) is 5.88 Å². The number of fused-ring (bicyclic) bond motifs is 1. The lowest BCUT2D eigenvalue weighted by molar-refractivity contribution is 0.0697. The van der Waals surface area contributed by atoms with Gasteiger partial charge in [0.25, 0.3) is 0 Å². The average molecular weight is 245 g/mol. The minimum Gasteiger partial charge on any atom is -0.478 e. The third kappa shape index (κ3) is 1.54. The number of carbonyl (C=O) groups is 1. The van der Waals surface area contributed by atoms with Crippen LogP contribution in [0.4, 0.5) is 0 Å². The van der Waals surface area contributed by atoms with E-state index in [2.05, 4.69) is 10.1 Å². The van der Waals surface area contributed by atoms with Crippen molar-refractivity contribution in [3.8, 4) is 17.0 Å². The van der Waals surface area contributed by atoms with E-state index in [4.69, 9.17) is 4.74 Å². The second kappa shape index (κ2) is 3.83. The van der Waals surface area contributed by atoms with Crippen LogP contribution in [0.15, 0.2) is 18.5 Å². The molecule has 1 aliphatic rings. The fourth-order valence-corrected chi connectivity index (χ4v) is 2.05. The highest BCUT2D eigenvalue weighted by atomic mass is 16.5. The second-order valence-electron chi connectivity index (χ2n) is 4.11. The van der Waals surface area contributed by atoms with Crippen LogP contribution < -0.4 is 4.74 Å². The Morgan fingerprint density at radius 3 is 3.06 bits per heavy atom. The number of carboxylic acid groups (broad SMARTS) is 1.